The topological polar surface area (TPSA) is 62.2 Å². The molecule has 1 aromatic rings. The van der Waals surface area contributed by atoms with Crippen LogP contribution in [0.15, 0.2) is 24.3 Å². The number of hydrogen-bond donors (Lipinski definition) is 2. The molecule has 4 heteroatoms. The van der Waals surface area contributed by atoms with Gasteiger partial charge in [-0.25, -0.2) is 0 Å². The fraction of sp³-hybridized carbons (Fsp3) is 0.500. The molecule has 1 rings (SSSR count). The highest BCUT2D eigenvalue weighted by Crippen LogP contribution is 2.19. The monoisotopic (exact) mass is 276 g/mol. The Morgan fingerprint density at radius 2 is 1.90 bits per heavy atom. The summed E-state index contributed by atoms with van der Waals surface area (Å²) in [6, 6.07) is 7.54. The van der Waals surface area contributed by atoms with Gasteiger partial charge in [0.15, 0.2) is 0 Å². The van der Waals surface area contributed by atoms with Crippen LogP contribution in [0.2, 0.25) is 0 Å². The smallest absolute Gasteiger partial charge is 0.325 e. The van der Waals surface area contributed by atoms with Crippen molar-refractivity contribution in [2.75, 3.05) is 11.9 Å². The molecule has 0 spiro atoms. The van der Waals surface area contributed by atoms with E-state index < -0.39 is 5.60 Å². The first-order valence-electron chi connectivity index (χ1n) is 6.84. The molecule has 0 aliphatic rings. The Hall–Kier alpha value is -1.84. The molecule has 2 N–H and O–H groups in total. The molecule has 0 aromatic heterocycles. The van der Waals surface area contributed by atoms with Gasteiger partial charge >= 0.3 is 5.97 Å². The van der Waals surface area contributed by atoms with Crippen molar-refractivity contribution in [3.8, 4) is 0 Å². The number of benzene rings is 1. The highest BCUT2D eigenvalue weighted by Gasteiger charge is 2.17. The molecular formula is C16H24N2O2. The maximum atomic E-state index is 11.7. The minimum Gasteiger partial charge on any atom is -0.459 e. The molecule has 0 heterocycles. The average molecular weight is 276 g/mol. The number of rotatable bonds is 5. The van der Waals surface area contributed by atoms with Crippen LogP contribution in [0.4, 0.5) is 5.69 Å². The van der Waals surface area contributed by atoms with E-state index >= 15 is 0 Å². The Balaban J connectivity index is 2.74. The quantitative estimate of drug-likeness (QED) is 0.639. The van der Waals surface area contributed by atoms with Crippen molar-refractivity contribution in [2.24, 2.45) is 5.92 Å². The molecule has 0 bridgehead atoms. The second kappa shape index (κ2) is 6.55. The summed E-state index contributed by atoms with van der Waals surface area (Å²) in [5.41, 5.74) is 1.68. The van der Waals surface area contributed by atoms with E-state index in [0.29, 0.717) is 5.71 Å². The van der Waals surface area contributed by atoms with Gasteiger partial charge in [-0.15, -0.1) is 0 Å². The first kappa shape index (κ1) is 16.2. The van der Waals surface area contributed by atoms with Crippen LogP contribution in [0.25, 0.3) is 0 Å². The predicted molar refractivity (Wildman–Crippen MR) is 82.4 cm³/mol. The molecule has 0 fully saturated rings. The largest absolute Gasteiger partial charge is 0.459 e. The number of esters is 1. The van der Waals surface area contributed by atoms with Gasteiger partial charge in [-0.2, -0.15) is 0 Å². The zero-order chi connectivity index (χ0) is 15.3. The van der Waals surface area contributed by atoms with E-state index in [1.807, 2.05) is 58.9 Å². The third kappa shape index (κ3) is 5.03. The lowest BCUT2D eigenvalue weighted by Crippen LogP contribution is -2.28. The summed E-state index contributed by atoms with van der Waals surface area (Å²) in [5, 5.41) is 11.2. The van der Waals surface area contributed by atoms with E-state index in [4.69, 9.17) is 10.1 Å². The summed E-state index contributed by atoms with van der Waals surface area (Å²) in [6.07, 6.45) is 0. The molecule has 0 atom stereocenters. The predicted octanol–water partition coefficient (Wildman–Crippen LogP) is 3.46. The van der Waals surface area contributed by atoms with Crippen LogP contribution in [0.1, 0.15) is 40.2 Å². The molecule has 110 valence electrons. The normalized spacial score (nSPS) is 11.3. The zero-order valence-electron chi connectivity index (χ0n) is 12.9. The lowest BCUT2D eigenvalue weighted by atomic mass is 9.98. The lowest BCUT2D eigenvalue weighted by Gasteiger charge is -2.20. The van der Waals surface area contributed by atoms with Crippen molar-refractivity contribution < 1.29 is 9.53 Å². The van der Waals surface area contributed by atoms with Crippen LogP contribution in [-0.4, -0.2) is 23.8 Å². The van der Waals surface area contributed by atoms with Crippen molar-refractivity contribution in [3.63, 3.8) is 0 Å². The number of carbonyl (C=O) groups is 1. The molecule has 0 aliphatic heterocycles. The SMILES string of the molecule is CC(C)C(=N)c1ccccc1NCC(=O)OC(C)(C)C. The molecular weight excluding hydrogens is 252 g/mol. The van der Waals surface area contributed by atoms with Gasteiger partial charge in [-0.05, 0) is 32.8 Å². The third-order valence-corrected chi connectivity index (χ3v) is 2.64. The maximum Gasteiger partial charge on any atom is 0.325 e. The second-order valence-corrected chi connectivity index (χ2v) is 6.05. The van der Waals surface area contributed by atoms with Gasteiger partial charge < -0.3 is 15.5 Å². The molecule has 0 amide bonds. The van der Waals surface area contributed by atoms with Crippen LogP contribution in [0, 0.1) is 11.3 Å². The van der Waals surface area contributed by atoms with Crippen molar-refractivity contribution in [2.45, 2.75) is 40.2 Å². The van der Waals surface area contributed by atoms with Gasteiger partial charge in [-0.1, -0.05) is 32.0 Å². The number of carbonyl (C=O) groups excluding carboxylic acids is 1. The molecule has 0 radical (unpaired) electrons. The van der Waals surface area contributed by atoms with Crippen molar-refractivity contribution in [3.05, 3.63) is 29.8 Å². The number of nitrogens with one attached hydrogen (secondary N) is 2. The van der Waals surface area contributed by atoms with Crippen LogP contribution in [0.3, 0.4) is 0 Å². The summed E-state index contributed by atoms with van der Waals surface area (Å²) in [6.45, 7) is 9.58. The van der Waals surface area contributed by atoms with E-state index in [1.54, 1.807) is 0 Å². The molecule has 0 saturated carbocycles. The van der Waals surface area contributed by atoms with Gasteiger partial charge in [0.25, 0.3) is 0 Å². The zero-order valence-corrected chi connectivity index (χ0v) is 12.9. The van der Waals surface area contributed by atoms with Crippen LogP contribution in [0.5, 0.6) is 0 Å². The van der Waals surface area contributed by atoms with Gasteiger partial charge in [0.1, 0.15) is 12.1 Å². The first-order valence-corrected chi connectivity index (χ1v) is 6.84. The van der Waals surface area contributed by atoms with E-state index in [-0.39, 0.29) is 18.4 Å². The van der Waals surface area contributed by atoms with E-state index in [2.05, 4.69) is 5.32 Å². The Labute approximate surface area is 121 Å². The highest BCUT2D eigenvalue weighted by atomic mass is 16.6. The Kier molecular flexibility index (Phi) is 5.31. The standard InChI is InChI=1S/C16H24N2O2/c1-11(2)15(17)12-8-6-7-9-13(12)18-10-14(19)20-16(3,4)5/h6-9,11,17-18H,10H2,1-5H3. The number of hydrogen-bond acceptors (Lipinski definition) is 4. The number of para-hydroxylation sites is 1. The summed E-state index contributed by atoms with van der Waals surface area (Å²) in [7, 11) is 0. The van der Waals surface area contributed by atoms with Crippen LogP contribution >= 0.6 is 0 Å². The minimum absolute atomic E-state index is 0.0969. The van der Waals surface area contributed by atoms with Crippen LogP contribution in [-0.2, 0) is 9.53 Å². The van der Waals surface area contributed by atoms with Gasteiger partial charge in [0, 0.05) is 17.0 Å². The second-order valence-electron chi connectivity index (χ2n) is 6.05. The van der Waals surface area contributed by atoms with Gasteiger partial charge in [0.05, 0.1) is 0 Å². The maximum absolute atomic E-state index is 11.7. The molecule has 0 saturated heterocycles. The van der Waals surface area contributed by atoms with Gasteiger partial charge in [0.2, 0.25) is 0 Å². The molecule has 4 nitrogen and oxygen atoms in total. The van der Waals surface area contributed by atoms with Crippen molar-refractivity contribution in [1.29, 1.82) is 5.41 Å². The number of ether oxygens (including phenoxy) is 1. The fourth-order valence-electron chi connectivity index (χ4n) is 1.73. The Bertz CT molecular complexity index is 487. The Morgan fingerprint density at radius 3 is 2.45 bits per heavy atom. The molecule has 20 heavy (non-hydrogen) atoms. The minimum atomic E-state index is -0.483. The molecule has 0 unspecified atom stereocenters. The van der Waals surface area contributed by atoms with Crippen LogP contribution < -0.4 is 5.32 Å². The lowest BCUT2D eigenvalue weighted by molar-refractivity contribution is -0.152. The summed E-state index contributed by atoms with van der Waals surface area (Å²) < 4.78 is 5.25. The van der Waals surface area contributed by atoms with E-state index in [1.165, 1.54) is 0 Å². The highest BCUT2D eigenvalue weighted by molar-refractivity contribution is 6.04. The first-order chi connectivity index (χ1) is 9.20. The average Bonchev–Trinajstić information content (AvgIpc) is 2.33. The Morgan fingerprint density at radius 1 is 1.30 bits per heavy atom. The third-order valence-electron chi connectivity index (χ3n) is 2.64. The summed E-state index contributed by atoms with van der Waals surface area (Å²) in [5.74, 6) is -0.164. The van der Waals surface area contributed by atoms with Crippen molar-refractivity contribution in [1.82, 2.24) is 0 Å². The summed E-state index contributed by atoms with van der Waals surface area (Å²) in [4.78, 5) is 11.7. The summed E-state index contributed by atoms with van der Waals surface area (Å²) >= 11 is 0. The van der Waals surface area contributed by atoms with Crippen molar-refractivity contribution >= 4 is 17.4 Å². The fourth-order valence-corrected chi connectivity index (χ4v) is 1.73. The number of anilines is 1. The van der Waals surface area contributed by atoms with E-state index in [9.17, 15) is 4.79 Å². The molecule has 1 aromatic carbocycles. The van der Waals surface area contributed by atoms with E-state index in [0.717, 1.165) is 11.3 Å². The van der Waals surface area contributed by atoms with Gasteiger partial charge in [-0.3, -0.25) is 4.79 Å². The molecule has 0 aliphatic carbocycles.